The van der Waals surface area contributed by atoms with E-state index in [2.05, 4.69) is 37.9 Å². The molecule has 0 aliphatic rings. The maximum absolute atomic E-state index is 5.24. The van der Waals surface area contributed by atoms with E-state index in [-0.39, 0.29) is 5.11 Å². The number of thiocarbonyl (C=S) groups is 1. The molecule has 15 heavy (non-hydrogen) atoms. The molecule has 6 nitrogen and oxygen atoms in total. The number of thioether (sulfide) groups is 1. The van der Waals surface area contributed by atoms with Crippen LogP contribution >= 0.6 is 24.0 Å². The SMILES string of the molecule is CSc1nncc(/C(C)=N\NC(N)=S)n1. The lowest BCUT2D eigenvalue weighted by Crippen LogP contribution is -2.25. The fourth-order valence-corrected chi connectivity index (χ4v) is 1.11. The molecular weight excluding hydrogens is 232 g/mol. The maximum atomic E-state index is 5.24. The number of nitrogens with zero attached hydrogens (tertiary/aromatic N) is 4. The van der Waals surface area contributed by atoms with Crippen LogP contribution in [-0.2, 0) is 0 Å². The van der Waals surface area contributed by atoms with E-state index in [9.17, 15) is 0 Å². The van der Waals surface area contributed by atoms with Crippen LogP contribution in [0.15, 0.2) is 16.5 Å². The summed E-state index contributed by atoms with van der Waals surface area (Å²) in [7, 11) is 0. The van der Waals surface area contributed by atoms with E-state index in [1.807, 2.05) is 6.26 Å². The van der Waals surface area contributed by atoms with E-state index < -0.39 is 0 Å². The minimum absolute atomic E-state index is 0.112. The van der Waals surface area contributed by atoms with Crippen molar-refractivity contribution in [3.63, 3.8) is 0 Å². The van der Waals surface area contributed by atoms with Gasteiger partial charge in [-0.3, -0.25) is 5.43 Å². The molecule has 0 radical (unpaired) electrons. The molecule has 1 aromatic heterocycles. The van der Waals surface area contributed by atoms with Crippen LogP contribution in [0.3, 0.4) is 0 Å². The van der Waals surface area contributed by atoms with Gasteiger partial charge in [-0.2, -0.15) is 10.2 Å². The molecule has 0 fully saturated rings. The van der Waals surface area contributed by atoms with Crippen LogP contribution in [0, 0.1) is 0 Å². The monoisotopic (exact) mass is 242 g/mol. The van der Waals surface area contributed by atoms with Crippen molar-refractivity contribution in [2.75, 3.05) is 6.26 Å². The lowest BCUT2D eigenvalue weighted by Gasteiger charge is -2.01. The topological polar surface area (TPSA) is 89.1 Å². The molecule has 0 bridgehead atoms. The predicted octanol–water partition coefficient (Wildman–Crippen LogP) is 0.151. The summed E-state index contributed by atoms with van der Waals surface area (Å²) in [5.41, 5.74) is 9.00. The highest BCUT2D eigenvalue weighted by Gasteiger charge is 2.02. The van der Waals surface area contributed by atoms with E-state index in [1.54, 1.807) is 6.92 Å². The highest BCUT2D eigenvalue weighted by atomic mass is 32.2. The Morgan fingerprint density at radius 2 is 2.40 bits per heavy atom. The molecule has 8 heteroatoms. The van der Waals surface area contributed by atoms with E-state index >= 15 is 0 Å². The Bertz CT molecular complexity index is 391. The second-order valence-electron chi connectivity index (χ2n) is 2.50. The molecule has 0 unspecified atom stereocenters. The molecule has 1 heterocycles. The standard InChI is InChI=1S/C7H10N6S2/c1-4(11-12-6(8)14)5-3-9-13-7(10-5)15-2/h3H,1-2H3,(H3,8,12,14)/b11-4-. The van der Waals surface area contributed by atoms with Crippen molar-refractivity contribution in [2.24, 2.45) is 10.8 Å². The van der Waals surface area contributed by atoms with Crippen LogP contribution < -0.4 is 11.2 Å². The second kappa shape index (κ2) is 5.56. The molecule has 0 spiro atoms. The summed E-state index contributed by atoms with van der Waals surface area (Å²) in [4.78, 5) is 4.20. The van der Waals surface area contributed by atoms with Gasteiger partial charge in [0.15, 0.2) is 5.11 Å². The minimum Gasteiger partial charge on any atom is -0.375 e. The van der Waals surface area contributed by atoms with Crippen molar-refractivity contribution in [1.82, 2.24) is 20.6 Å². The number of nitrogens with one attached hydrogen (secondary N) is 1. The van der Waals surface area contributed by atoms with Gasteiger partial charge in [0.05, 0.1) is 11.9 Å². The third-order valence-electron chi connectivity index (χ3n) is 1.43. The first-order valence-corrected chi connectivity index (χ1v) is 5.60. The minimum atomic E-state index is 0.112. The van der Waals surface area contributed by atoms with Gasteiger partial charge in [0, 0.05) is 0 Å². The van der Waals surface area contributed by atoms with Gasteiger partial charge in [0.25, 0.3) is 0 Å². The zero-order valence-corrected chi connectivity index (χ0v) is 9.89. The molecule has 0 aliphatic heterocycles. The smallest absolute Gasteiger partial charge is 0.209 e. The molecule has 0 aliphatic carbocycles. The molecule has 0 saturated carbocycles. The number of hydrogen-bond donors (Lipinski definition) is 2. The van der Waals surface area contributed by atoms with Crippen molar-refractivity contribution in [2.45, 2.75) is 12.1 Å². The zero-order valence-electron chi connectivity index (χ0n) is 8.26. The van der Waals surface area contributed by atoms with Gasteiger partial charge < -0.3 is 5.73 Å². The second-order valence-corrected chi connectivity index (χ2v) is 3.71. The fraction of sp³-hybridized carbons (Fsp3) is 0.286. The van der Waals surface area contributed by atoms with Gasteiger partial charge in [-0.15, -0.1) is 5.10 Å². The van der Waals surface area contributed by atoms with Crippen molar-refractivity contribution in [1.29, 1.82) is 0 Å². The number of rotatable bonds is 3. The summed E-state index contributed by atoms with van der Waals surface area (Å²) in [6.45, 7) is 1.78. The van der Waals surface area contributed by atoms with Crippen LogP contribution in [-0.4, -0.2) is 32.3 Å². The van der Waals surface area contributed by atoms with Gasteiger partial charge in [-0.1, -0.05) is 11.8 Å². The van der Waals surface area contributed by atoms with Crippen LogP contribution in [0.1, 0.15) is 12.6 Å². The first kappa shape index (κ1) is 11.8. The average Bonchev–Trinajstić information content (AvgIpc) is 2.26. The molecule has 0 saturated heterocycles. The fourth-order valence-electron chi connectivity index (χ4n) is 0.744. The molecule has 1 aromatic rings. The highest BCUT2D eigenvalue weighted by Crippen LogP contribution is 2.06. The van der Waals surface area contributed by atoms with E-state index in [4.69, 9.17) is 5.73 Å². The summed E-state index contributed by atoms with van der Waals surface area (Å²) in [6.07, 6.45) is 3.40. The molecule has 0 amide bonds. The molecule has 0 atom stereocenters. The lowest BCUT2D eigenvalue weighted by atomic mass is 10.3. The van der Waals surface area contributed by atoms with E-state index in [0.29, 0.717) is 16.6 Å². The largest absolute Gasteiger partial charge is 0.375 e. The third-order valence-corrected chi connectivity index (χ3v) is 2.06. The Balaban J connectivity index is 2.85. The molecule has 1 rings (SSSR count). The summed E-state index contributed by atoms with van der Waals surface area (Å²) >= 11 is 6.03. The summed E-state index contributed by atoms with van der Waals surface area (Å²) in [5.74, 6) is 0. The Morgan fingerprint density at radius 3 is 3.00 bits per heavy atom. The van der Waals surface area contributed by atoms with Crippen LogP contribution in [0.25, 0.3) is 0 Å². The third kappa shape index (κ3) is 3.76. The van der Waals surface area contributed by atoms with E-state index in [0.717, 1.165) is 0 Å². The Labute approximate surface area is 96.8 Å². The van der Waals surface area contributed by atoms with Crippen molar-refractivity contribution >= 4 is 34.8 Å². The maximum Gasteiger partial charge on any atom is 0.209 e. The van der Waals surface area contributed by atoms with Gasteiger partial charge in [-0.05, 0) is 25.4 Å². The number of hydrazone groups is 1. The van der Waals surface area contributed by atoms with Gasteiger partial charge in [0.1, 0.15) is 5.69 Å². The Morgan fingerprint density at radius 1 is 1.67 bits per heavy atom. The predicted molar refractivity (Wildman–Crippen MR) is 63.7 cm³/mol. The van der Waals surface area contributed by atoms with Gasteiger partial charge in [-0.25, -0.2) is 4.98 Å². The average molecular weight is 242 g/mol. The van der Waals surface area contributed by atoms with Crippen molar-refractivity contribution in [3.8, 4) is 0 Å². The molecular formula is C7H10N6S2. The Hall–Kier alpha value is -1.28. The Kier molecular flexibility index (Phi) is 4.37. The number of nitrogens with two attached hydrogens (primary N) is 1. The van der Waals surface area contributed by atoms with E-state index in [1.165, 1.54) is 18.0 Å². The number of hydrogen-bond acceptors (Lipinski definition) is 6. The quantitative estimate of drug-likeness (QED) is 0.337. The molecule has 3 N–H and O–H groups in total. The highest BCUT2D eigenvalue weighted by molar-refractivity contribution is 7.98. The number of aromatic nitrogens is 3. The molecule has 0 aromatic carbocycles. The van der Waals surface area contributed by atoms with Crippen LogP contribution in [0.2, 0.25) is 0 Å². The van der Waals surface area contributed by atoms with Crippen LogP contribution in [0.5, 0.6) is 0 Å². The normalized spacial score (nSPS) is 11.2. The van der Waals surface area contributed by atoms with Crippen molar-refractivity contribution in [3.05, 3.63) is 11.9 Å². The zero-order chi connectivity index (χ0) is 11.3. The first-order valence-electron chi connectivity index (χ1n) is 3.97. The van der Waals surface area contributed by atoms with Gasteiger partial charge >= 0.3 is 0 Å². The van der Waals surface area contributed by atoms with Crippen LogP contribution in [0.4, 0.5) is 0 Å². The summed E-state index contributed by atoms with van der Waals surface area (Å²) in [5, 5.41) is 12.2. The summed E-state index contributed by atoms with van der Waals surface area (Å²) in [6, 6.07) is 0. The molecule has 80 valence electrons. The first-order chi connectivity index (χ1) is 7.13. The van der Waals surface area contributed by atoms with Crippen molar-refractivity contribution < 1.29 is 0 Å². The van der Waals surface area contributed by atoms with Gasteiger partial charge in [0.2, 0.25) is 5.16 Å². The lowest BCUT2D eigenvalue weighted by molar-refractivity contribution is 0.831. The summed E-state index contributed by atoms with van der Waals surface area (Å²) < 4.78 is 0.